The fourth-order valence-electron chi connectivity index (χ4n) is 4.73. The number of likely N-dealkylation sites (N-methyl/N-ethyl adjacent to an activating group) is 1. The summed E-state index contributed by atoms with van der Waals surface area (Å²) in [5.74, 6) is 0.730. The highest BCUT2D eigenvalue weighted by molar-refractivity contribution is 6.04. The molecule has 8 heteroatoms. The van der Waals surface area contributed by atoms with E-state index in [-0.39, 0.29) is 18.2 Å². The number of benzene rings is 2. The minimum Gasteiger partial charge on any atom is -0.486 e. The maximum Gasteiger partial charge on any atom is 0.229 e. The summed E-state index contributed by atoms with van der Waals surface area (Å²) < 4.78 is 11.2. The molecule has 174 valence electrons. The van der Waals surface area contributed by atoms with Crippen molar-refractivity contribution >= 4 is 28.9 Å². The van der Waals surface area contributed by atoms with E-state index in [0.29, 0.717) is 31.3 Å². The Morgan fingerprint density at radius 2 is 1.79 bits per heavy atom. The number of piperazine rings is 1. The number of fused-ring (bicyclic) bond motifs is 1. The van der Waals surface area contributed by atoms with Crippen molar-refractivity contribution in [2.45, 2.75) is 13.3 Å². The molecule has 0 aliphatic carbocycles. The lowest BCUT2D eigenvalue weighted by Crippen LogP contribution is -2.46. The van der Waals surface area contributed by atoms with Crippen LogP contribution in [0, 0.1) is 5.92 Å². The van der Waals surface area contributed by atoms with Crippen LogP contribution in [0.3, 0.4) is 0 Å². The second-order valence-corrected chi connectivity index (χ2v) is 8.66. The van der Waals surface area contributed by atoms with E-state index in [4.69, 9.17) is 9.47 Å². The molecule has 0 aromatic heterocycles. The van der Waals surface area contributed by atoms with E-state index < -0.39 is 5.92 Å². The van der Waals surface area contributed by atoms with Gasteiger partial charge in [0.1, 0.15) is 13.2 Å². The quantitative estimate of drug-likeness (QED) is 0.755. The smallest absolute Gasteiger partial charge is 0.229 e. The molecule has 2 aromatic carbocycles. The number of amides is 2. The van der Waals surface area contributed by atoms with Crippen molar-refractivity contribution in [2.75, 3.05) is 67.6 Å². The van der Waals surface area contributed by atoms with Crippen molar-refractivity contribution in [3.63, 3.8) is 0 Å². The van der Waals surface area contributed by atoms with Crippen LogP contribution in [0.15, 0.2) is 42.5 Å². The summed E-state index contributed by atoms with van der Waals surface area (Å²) in [6.07, 6.45) is 0.192. The highest BCUT2D eigenvalue weighted by atomic mass is 16.6. The third-order valence-corrected chi connectivity index (χ3v) is 6.66. The maximum absolute atomic E-state index is 13.1. The van der Waals surface area contributed by atoms with Crippen molar-refractivity contribution < 1.29 is 19.1 Å². The highest BCUT2D eigenvalue weighted by Crippen LogP contribution is 2.36. The molecule has 2 saturated heterocycles. The van der Waals surface area contributed by atoms with Crippen molar-refractivity contribution in [2.24, 2.45) is 5.92 Å². The fourth-order valence-corrected chi connectivity index (χ4v) is 4.73. The molecule has 2 fully saturated rings. The van der Waals surface area contributed by atoms with Gasteiger partial charge in [0, 0.05) is 50.9 Å². The molecule has 2 amide bonds. The highest BCUT2D eigenvalue weighted by Gasteiger charge is 2.36. The van der Waals surface area contributed by atoms with Crippen LogP contribution in [0.5, 0.6) is 11.5 Å². The van der Waals surface area contributed by atoms with Gasteiger partial charge in [-0.2, -0.15) is 0 Å². The Labute approximate surface area is 194 Å². The first-order chi connectivity index (χ1) is 16.1. The van der Waals surface area contributed by atoms with E-state index >= 15 is 0 Å². The largest absolute Gasteiger partial charge is 0.486 e. The summed E-state index contributed by atoms with van der Waals surface area (Å²) in [6, 6.07) is 13.4. The van der Waals surface area contributed by atoms with Crippen LogP contribution in [0.25, 0.3) is 0 Å². The fraction of sp³-hybridized carbons (Fsp3) is 0.440. The first-order valence-electron chi connectivity index (χ1n) is 11.7. The van der Waals surface area contributed by atoms with E-state index in [9.17, 15) is 9.59 Å². The molecule has 0 radical (unpaired) electrons. The van der Waals surface area contributed by atoms with Gasteiger partial charge in [-0.3, -0.25) is 9.59 Å². The average Bonchev–Trinajstić information content (AvgIpc) is 3.26. The van der Waals surface area contributed by atoms with Gasteiger partial charge in [0.2, 0.25) is 11.8 Å². The average molecular weight is 451 g/mol. The van der Waals surface area contributed by atoms with Gasteiger partial charge in [0.15, 0.2) is 11.5 Å². The molecule has 3 aliphatic heterocycles. The number of hydrogen-bond donors (Lipinski definition) is 1. The molecule has 0 spiro atoms. The summed E-state index contributed by atoms with van der Waals surface area (Å²) in [7, 11) is 0. The standard InChI is InChI=1S/C25H30N4O4/c1-2-27-9-11-28(12-10-27)21-6-4-3-5-20(21)26-25(31)18-15-24(30)29(17-18)19-7-8-22-23(16-19)33-14-13-32-22/h3-8,16,18H,2,9-15,17H2,1H3,(H,26,31)/t18-/m1/s1. The first kappa shape index (κ1) is 21.6. The molecule has 3 aliphatic rings. The molecule has 0 saturated carbocycles. The van der Waals surface area contributed by atoms with Crippen molar-refractivity contribution in [3.8, 4) is 11.5 Å². The molecule has 5 rings (SSSR count). The van der Waals surface area contributed by atoms with Crippen LogP contribution in [0.1, 0.15) is 13.3 Å². The molecule has 33 heavy (non-hydrogen) atoms. The zero-order valence-corrected chi connectivity index (χ0v) is 19.0. The van der Waals surface area contributed by atoms with Crippen molar-refractivity contribution in [1.29, 1.82) is 0 Å². The maximum atomic E-state index is 13.1. The van der Waals surface area contributed by atoms with Crippen LogP contribution in [0.2, 0.25) is 0 Å². The van der Waals surface area contributed by atoms with Gasteiger partial charge >= 0.3 is 0 Å². The summed E-state index contributed by atoms with van der Waals surface area (Å²) in [4.78, 5) is 32.3. The second kappa shape index (κ2) is 9.31. The second-order valence-electron chi connectivity index (χ2n) is 8.66. The molecular formula is C25H30N4O4. The van der Waals surface area contributed by atoms with Gasteiger partial charge in [-0.05, 0) is 30.8 Å². The summed E-state index contributed by atoms with van der Waals surface area (Å²) in [5, 5.41) is 3.10. The number of nitrogens with one attached hydrogen (secondary N) is 1. The van der Waals surface area contributed by atoms with E-state index in [1.807, 2.05) is 36.4 Å². The monoisotopic (exact) mass is 450 g/mol. The van der Waals surface area contributed by atoms with Crippen molar-refractivity contribution in [3.05, 3.63) is 42.5 Å². The topological polar surface area (TPSA) is 74.4 Å². The van der Waals surface area contributed by atoms with E-state index in [1.165, 1.54) is 0 Å². The van der Waals surface area contributed by atoms with Gasteiger partial charge in [-0.1, -0.05) is 19.1 Å². The lowest BCUT2D eigenvalue weighted by molar-refractivity contribution is -0.122. The minimum absolute atomic E-state index is 0.0594. The Balaban J connectivity index is 1.26. The number of ether oxygens (including phenoxy) is 2. The van der Waals surface area contributed by atoms with Crippen LogP contribution in [0.4, 0.5) is 17.1 Å². The van der Waals surface area contributed by atoms with Gasteiger partial charge in [0.25, 0.3) is 0 Å². The summed E-state index contributed by atoms with van der Waals surface area (Å²) in [6.45, 7) is 8.49. The van der Waals surface area contributed by atoms with Crippen LogP contribution in [-0.2, 0) is 9.59 Å². The Morgan fingerprint density at radius 3 is 2.58 bits per heavy atom. The molecule has 2 aromatic rings. The molecule has 8 nitrogen and oxygen atoms in total. The van der Waals surface area contributed by atoms with E-state index in [1.54, 1.807) is 4.90 Å². The van der Waals surface area contributed by atoms with Gasteiger partial charge in [0.05, 0.1) is 17.3 Å². The zero-order chi connectivity index (χ0) is 22.8. The van der Waals surface area contributed by atoms with Crippen LogP contribution < -0.4 is 24.6 Å². The number of rotatable bonds is 5. The van der Waals surface area contributed by atoms with E-state index in [0.717, 1.165) is 49.8 Å². The summed E-state index contributed by atoms with van der Waals surface area (Å²) >= 11 is 0. The minimum atomic E-state index is -0.407. The molecule has 1 atom stereocenters. The zero-order valence-electron chi connectivity index (χ0n) is 19.0. The molecule has 0 unspecified atom stereocenters. The Morgan fingerprint density at radius 1 is 1.03 bits per heavy atom. The number of anilines is 3. The van der Waals surface area contributed by atoms with Gasteiger partial charge < -0.3 is 29.5 Å². The summed E-state index contributed by atoms with van der Waals surface area (Å²) in [5.41, 5.74) is 2.57. The number of carbonyl (C=O) groups excluding carboxylic acids is 2. The number of carbonyl (C=O) groups is 2. The number of nitrogens with zero attached hydrogens (tertiary/aromatic N) is 3. The Hall–Kier alpha value is -3.26. The predicted octanol–water partition coefficient (Wildman–Crippen LogP) is 2.59. The normalized spacial score (nSPS) is 20.8. The molecule has 1 N–H and O–H groups in total. The van der Waals surface area contributed by atoms with Crippen LogP contribution >= 0.6 is 0 Å². The molecular weight excluding hydrogens is 420 g/mol. The predicted molar refractivity (Wildman–Crippen MR) is 127 cm³/mol. The Bertz CT molecular complexity index is 1030. The third-order valence-electron chi connectivity index (χ3n) is 6.66. The van der Waals surface area contributed by atoms with Gasteiger partial charge in [-0.15, -0.1) is 0 Å². The molecule has 0 bridgehead atoms. The van der Waals surface area contributed by atoms with E-state index in [2.05, 4.69) is 28.1 Å². The lowest BCUT2D eigenvalue weighted by Gasteiger charge is -2.36. The van der Waals surface area contributed by atoms with Gasteiger partial charge in [-0.25, -0.2) is 0 Å². The number of hydrogen-bond acceptors (Lipinski definition) is 6. The first-order valence-corrected chi connectivity index (χ1v) is 11.7. The SMILES string of the molecule is CCN1CCN(c2ccccc2NC(=O)[C@@H]2CC(=O)N(c3ccc4c(c3)OCCO4)C2)CC1. The van der Waals surface area contributed by atoms with Crippen molar-refractivity contribution in [1.82, 2.24) is 4.90 Å². The van der Waals surface area contributed by atoms with Crippen LogP contribution in [-0.4, -0.2) is 69.2 Å². The lowest BCUT2D eigenvalue weighted by atomic mass is 10.1. The Kier molecular flexibility index (Phi) is 6.09. The number of para-hydroxylation sites is 2. The molecule has 3 heterocycles. The third kappa shape index (κ3) is 4.48.